The Bertz CT molecular complexity index is 300. The summed E-state index contributed by atoms with van der Waals surface area (Å²) >= 11 is 3.39. The smallest absolute Gasteiger partial charge is 0.126 e. The summed E-state index contributed by atoms with van der Waals surface area (Å²) < 4.78 is 1.00. The number of hydrogen-bond acceptors (Lipinski definition) is 3. The van der Waals surface area contributed by atoms with Crippen LogP contribution in [0.5, 0.6) is 0 Å². The van der Waals surface area contributed by atoms with E-state index in [1.807, 2.05) is 19.9 Å². The lowest BCUT2D eigenvalue weighted by atomic mass is 10.2. The van der Waals surface area contributed by atoms with Crippen LogP contribution in [0.2, 0.25) is 0 Å². The Labute approximate surface area is 92.7 Å². The van der Waals surface area contributed by atoms with Gasteiger partial charge in [-0.05, 0) is 40.9 Å². The molecule has 1 aromatic heterocycles. The van der Waals surface area contributed by atoms with Crippen molar-refractivity contribution in [2.45, 2.75) is 26.3 Å². The highest BCUT2D eigenvalue weighted by molar-refractivity contribution is 9.10. The molecule has 0 saturated heterocycles. The Morgan fingerprint density at radius 1 is 1.64 bits per heavy atom. The molecule has 2 N–H and O–H groups in total. The second-order valence-electron chi connectivity index (χ2n) is 3.25. The number of anilines is 1. The molecular formula is C10H15BrN2O. The van der Waals surface area contributed by atoms with Crippen LogP contribution in [0, 0.1) is 6.92 Å². The summed E-state index contributed by atoms with van der Waals surface area (Å²) in [6.07, 6.45) is 2.65. The third-order valence-electron chi connectivity index (χ3n) is 2.11. The normalized spacial score (nSPS) is 12.6. The highest BCUT2D eigenvalue weighted by Crippen LogP contribution is 2.17. The SMILES string of the molecule is CC[C@@H](CO)Nc1cc(C)c(Br)cn1. The molecule has 3 nitrogen and oxygen atoms in total. The van der Waals surface area contributed by atoms with Gasteiger partial charge in [0.15, 0.2) is 0 Å². The zero-order chi connectivity index (χ0) is 10.6. The van der Waals surface area contributed by atoms with Crippen molar-refractivity contribution in [3.8, 4) is 0 Å². The number of aliphatic hydroxyl groups is 1. The number of nitrogens with one attached hydrogen (secondary N) is 1. The van der Waals surface area contributed by atoms with E-state index in [0.29, 0.717) is 0 Å². The standard InChI is InChI=1S/C10H15BrN2O/c1-3-8(6-14)13-10-4-7(2)9(11)5-12-10/h4-5,8,14H,3,6H2,1-2H3,(H,12,13)/t8-/m0/s1. The molecule has 0 spiro atoms. The van der Waals surface area contributed by atoms with Gasteiger partial charge in [-0.25, -0.2) is 4.98 Å². The Hall–Kier alpha value is -0.610. The molecule has 14 heavy (non-hydrogen) atoms. The fraction of sp³-hybridized carbons (Fsp3) is 0.500. The van der Waals surface area contributed by atoms with Crippen LogP contribution in [-0.2, 0) is 0 Å². The number of hydrogen-bond donors (Lipinski definition) is 2. The summed E-state index contributed by atoms with van der Waals surface area (Å²) in [4.78, 5) is 4.21. The molecule has 0 amide bonds. The highest BCUT2D eigenvalue weighted by atomic mass is 79.9. The molecule has 78 valence electrons. The van der Waals surface area contributed by atoms with Gasteiger partial charge in [0.2, 0.25) is 0 Å². The molecule has 1 heterocycles. The average molecular weight is 259 g/mol. The molecular weight excluding hydrogens is 244 g/mol. The van der Waals surface area contributed by atoms with Gasteiger partial charge in [-0.3, -0.25) is 0 Å². The Morgan fingerprint density at radius 2 is 2.36 bits per heavy atom. The van der Waals surface area contributed by atoms with E-state index in [2.05, 4.69) is 26.2 Å². The first-order valence-corrected chi connectivity index (χ1v) is 5.46. The van der Waals surface area contributed by atoms with Gasteiger partial charge in [0.1, 0.15) is 5.82 Å². The van der Waals surface area contributed by atoms with Crippen LogP contribution in [-0.4, -0.2) is 22.7 Å². The second-order valence-corrected chi connectivity index (χ2v) is 4.11. The molecule has 0 aliphatic carbocycles. The minimum Gasteiger partial charge on any atom is -0.394 e. The van der Waals surface area contributed by atoms with Crippen LogP contribution in [0.3, 0.4) is 0 Å². The van der Waals surface area contributed by atoms with Gasteiger partial charge in [0, 0.05) is 10.7 Å². The fourth-order valence-corrected chi connectivity index (χ4v) is 1.32. The van der Waals surface area contributed by atoms with Crippen molar-refractivity contribution >= 4 is 21.7 Å². The number of pyridine rings is 1. The predicted molar refractivity (Wildman–Crippen MR) is 61.5 cm³/mol. The van der Waals surface area contributed by atoms with Gasteiger partial charge in [-0.2, -0.15) is 0 Å². The molecule has 0 radical (unpaired) electrons. The first kappa shape index (κ1) is 11.5. The third-order valence-corrected chi connectivity index (χ3v) is 2.94. The van der Waals surface area contributed by atoms with Gasteiger partial charge < -0.3 is 10.4 Å². The maximum atomic E-state index is 9.01. The van der Waals surface area contributed by atoms with E-state index < -0.39 is 0 Å². The van der Waals surface area contributed by atoms with E-state index in [9.17, 15) is 0 Å². The largest absolute Gasteiger partial charge is 0.394 e. The minimum absolute atomic E-state index is 0.0862. The van der Waals surface area contributed by atoms with Gasteiger partial charge in [0.25, 0.3) is 0 Å². The lowest BCUT2D eigenvalue weighted by Crippen LogP contribution is -2.23. The molecule has 0 saturated carbocycles. The van der Waals surface area contributed by atoms with E-state index in [4.69, 9.17) is 5.11 Å². The maximum Gasteiger partial charge on any atom is 0.126 e. The summed E-state index contributed by atoms with van der Waals surface area (Å²) in [6.45, 7) is 4.17. The van der Waals surface area contributed by atoms with Gasteiger partial charge in [-0.15, -0.1) is 0 Å². The van der Waals surface area contributed by atoms with E-state index in [1.165, 1.54) is 0 Å². The van der Waals surface area contributed by atoms with Crippen molar-refractivity contribution in [2.24, 2.45) is 0 Å². The zero-order valence-electron chi connectivity index (χ0n) is 8.42. The van der Waals surface area contributed by atoms with Crippen molar-refractivity contribution in [3.05, 3.63) is 22.3 Å². The fourth-order valence-electron chi connectivity index (χ4n) is 1.10. The molecule has 0 unspecified atom stereocenters. The van der Waals surface area contributed by atoms with Crippen LogP contribution in [0.25, 0.3) is 0 Å². The quantitative estimate of drug-likeness (QED) is 0.872. The Morgan fingerprint density at radius 3 is 2.86 bits per heavy atom. The lowest BCUT2D eigenvalue weighted by Gasteiger charge is -2.14. The summed E-state index contributed by atoms with van der Waals surface area (Å²) in [5.74, 6) is 0.812. The number of rotatable bonds is 4. The molecule has 1 atom stereocenters. The van der Waals surface area contributed by atoms with Crippen molar-refractivity contribution in [2.75, 3.05) is 11.9 Å². The molecule has 4 heteroatoms. The topological polar surface area (TPSA) is 45.1 Å². The second kappa shape index (κ2) is 5.32. The van der Waals surface area contributed by atoms with E-state index >= 15 is 0 Å². The maximum absolute atomic E-state index is 9.01. The molecule has 0 aromatic carbocycles. The molecule has 0 aliphatic rings. The molecule has 0 bridgehead atoms. The van der Waals surface area contributed by atoms with Crippen LogP contribution < -0.4 is 5.32 Å². The third kappa shape index (κ3) is 2.96. The summed E-state index contributed by atoms with van der Waals surface area (Å²) in [7, 11) is 0. The van der Waals surface area contributed by atoms with Crippen LogP contribution in [0.4, 0.5) is 5.82 Å². The molecule has 0 aliphatic heterocycles. The van der Waals surface area contributed by atoms with Gasteiger partial charge in [-0.1, -0.05) is 6.92 Å². The van der Waals surface area contributed by atoms with Crippen molar-refractivity contribution in [3.63, 3.8) is 0 Å². The molecule has 1 aromatic rings. The van der Waals surface area contributed by atoms with Crippen LogP contribution in [0.1, 0.15) is 18.9 Å². The van der Waals surface area contributed by atoms with E-state index in [1.54, 1.807) is 6.20 Å². The van der Waals surface area contributed by atoms with Crippen LogP contribution >= 0.6 is 15.9 Å². The van der Waals surface area contributed by atoms with Gasteiger partial charge >= 0.3 is 0 Å². The first-order valence-electron chi connectivity index (χ1n) is 4.67. The Balaban J connectivity index is 2.72. The van der Waals surface area contributed by atoms with Crippen LogP contribution in [0.15, 0.2) is 16.7 Å². The molecule has 1 rings (SSSR count). The summed E-state index contributed by atoms with van der Waals surface area (Å²) in [5, 5.41) is 12.2. The summed E-state index contributed by atoms with van der Waals surface area (Å²) in [5.41, 5.74) is 1.13. The summed E-state index contributed by atoms with van der Waals surface area (Å²) in [6, 6.07) is 2.05. The first-order chi connectivity index (χ1) is 6.67. The Kier molecular flexibility index (Phi) is 4.35. The highest BCUT2D eigenvalue weighted by Gasteiger charge is 2.05. The number of aromatic nitrogens is 1. The van der Waals surface area contributed by atoms with Crippen molar-refractivity contribution < 1.29 is 5.11 Å². The number of nitrogens with zero attached hydrogens (tertiary/aromatic N) is 1. The number of aryl methyl sites for hydroxylation is 1. The van der Waals surface area contributed by atoms with E-state index in [0.717, 1.165) is 22.3 Å². The van der Waals surface area contributed by atoms with Crippen molar-refractivity contribution in [1.82, 2.24) is 4.98 Å². The zero-order valence-corrected chi connectivity index (χ0v) is 10.0. The number of halogens is 1. The van der Waals surface area contributed by atoms with Crippen molar-refractivity contribution in [1.29, 1.82) is 0 Å². The molecule has 0 fully saturated rings. The predicted octanol–water partition coefficient (Wildman–Crippen LogP) is 2.34. The van der Waals surface area contributed by atoms with E-state index in [-0.39, 0.29) is 12.6 Å². The monoisotopic (exact) mass is 258 g/mol. The number of aliphatic hydroxyl groups excluding tert-OH is 1. The van der Waals surface area contributed by atoms with Gasteiger partial charge in [0.05, 0.1) is 12.6 Å². The lowest BCUT2D eigenvalue weighted by molar-refractivity contribution is 0.271. The average Bonchev–Trinajstić information content (AvgIpc) is 2.19. The minimum atomic E-state index is 0.0862.